The quantitative estimate of drug-likeness (QED) is 0.297. The predicted molar refractivity (Wildman–Crippen MR) is 169 cm³/mol. The molecule has 10 aliphatic carbocycles. The van der Waals surface area contributed by atoms with Crippen molar-refractivity contribution in [3.63, 3.8) is 0 Å². The van der Waals surface area contributed by atoms with Crippen molar-refractivity contribution in [3.05, 3.63) is 0 Å². The van der Waals surface area contributed by atoms with Crippen LogP contribution in [-0.4, -0.2) is 33.8 Å². The topological polar surface area (TPSA) is 72.8 Å². The Kier molecular flexibility index (Phi) is 8.16. The zero-order valence-corrected chi connectivity index (χ0v) is 28.5. The molecule has 0 saturated heterocycles. The highest BCUT2D eigenvalue weighted by atomic mass is 16.6. The van der Waals surface area contributed by atoms with Crippen LogP contribution in [0.25, 0.3) is 0 Å². The molecule has 0 heterocycles. The van der Waals surface area contributed by atoms with E-state index in [0.717, 1.165) is 81.0 Å². The van der Waals surface area contributed by atoms with E-state index in [0.29, 0.717) is 24.2 Å². The van der Waals surface area contributed by atoms with E-state index in [-0.39, 0.29) is 28.6 Å². The molecule has 8 bridgehead atoms. The minimum Gasteiger partial charge on any atom is -0.459 e. The van der Waals surface area contributed by atoms with Gasteiger partial charge in [0.25, 0.3) is 0 Å². The number of carbonyl (C=O) groups is 2. The molecule has 10 rings (SSSR count). The minimum absolute atomic E-state index is 0.0527. The second-order valence-electron chi connectivity index (χ2n) is 18.0. The number of hydrogen-bond donors (Lipinski definition) is 1. The van der Waals surface area contributed by atoms with Crippen LogP contribution in [0.5, 0.6) is 0 Å². The molecule has 0 radical (unpaired) electrons. The Morgan fingerprint density at radius 1 is 0.698 bits per heavy atom. The van der Waals surface area contributed by atoms with Crippen LogP contribution in [-0.2, 0) is 19.1 Å². The van der Waals surface area contributed by atoms with E-state index in [1.807, 2.05) is 34.6 Å². The molecule has 10 fully saturated rings. The second kappa shape index (κ2) is 11.0. The van der Waals surface area contributed by atoms with Gasteiger partial charge in [-0.15, -0.1) is 0 Å². The molecule has 5 nitrogen and oxygen atoms in total. The summed E-state index contributed by atoms with van der Waals surface area (Å²) < 4.78 is 12.4. The number of esters is 2. The van der Waals surface area contributed by atoms with Crippen LogP contribution in [0.1, 0.15) is 151 Å². The van der Waals surface area contributed by atoms with Gasteiger partial charge >= 0.3 is 11.9 Å². The van der Waals surface area contributed by atoms with Gasteiger partial charge in [-0.2, -0.15) is 0 Å². The summed E-state index contributed by atoms with van der Waals surface area (Å²) in [6.07, 6.45) is 18.0. The highest BCUT2D eigenvalue weighted by Gasteiger charge is 2.63. The van der Waals surface area contributed by atoms with Crippen LogP contribution in [0.15, 0.2) is 0 Å². The molecule has 0 amide bonds. The molecule has 10 aliphatic rings. The van der Waals surface area contributed by atoms with Crippen LogP contribution in [0.2, 0.25) is 0 Å². The summed E-state index contributed by atoms with van der Waals surface area (Å²) in [5.41, 5.74) is -1.82. The molecule has 10 saturated carbocycles. The summed E-state index contributed by atoms with van der Waals surface area (Å²) in [6, 6.07) is 0. The van der Waals surface area contributed by atoms with E-state index in [1.165, 1.54) is 44.9 Å². The third kappa shape index (κ3) is 5.52. The number of rotatable bonds is 7. The maximum Gasteiger partial charge on any atom is 0.312 e. The molecule has 0 aromatic heterocycles. The van der Waals surface area contributed by atoms with Crippen LogP contribution < -0.4 is 0 Å². The third-order valence-electron chi connectivity index (χ3n) is 14.5. The smallest absolute Gasteiger partial charge is 0.312 e. The zero-order chi connectivity index (χ0) is 31.0. The standard InChI is InChI=1S/C22H36O2.C16H26O3/c1-5-21(3,4)20(23)24-22(6-2)13-16-11-12-17(22)19-15-9-7-14(8-10-15)18(16)19;1-4-14(2,3)13(17)19-16-8-11-5-12(9-16)7-15(18,6-11)10-16/h14-19H,5-13H2,1-4H3;11-12,18H,4-10H2,1-3H3. The zero-order valence-electron chi connectivity index (χ0n) is 28.5. The fourth-order valence-electron chi connectivity index (χ4n) is 11.9. The fraction of sp³-hybridized carbons (Fsp3) is 0.947. The van der Waals surface area contributed by atoms with Gasteiger partial charge in [-0.1, -0.05) is 20.8 Å². The van der Waals surface area contributed by atoms with Gasteiger partial charge in [-0.25, -0.2) is 0 Å². The number of aliphatic hydroxyl groups is 1. The van der Waals surface area contributed by atoms with Gasteiger partial charge in [-0.05, 0) is 165 Å². The normalized spacial score (nSPS) is 45.7. The lowest BCUT2D eigenvalue weighted by atomic mass is 9.42. The van der Waals surface area contributed by atoms with E-state index in [2.05, 4.69) is 13.8 Å². The van der Waals surface area contributed by atoms with Crippen molar-refractivity contribution in [2.24, 2.45) is 58.2 Å². The van der Waals surface area contributed by atoms with Crippen molar-refractivity contribution in [1.29, 1.82) is 0 Å². The van der Waals surface area contributed by atoms with Gasteiger partial charge in [0, 0.05) is 12.3 Å². The third-order valence-corrected chi connectivity index (χ3v) is 14.5. The van der Waals surface area contributed by atoms with E-state index in [9.17, 15) is 14.7 Å². The second-order valence-corrected chi connectivity index (χ2v) is 18.0. The van der Waals surface area contributed by atoms with Crippen molar-refractivity contribution in [1.82, 2.24) is 0 Å². The predicted octanol–water partition coefficient (Wildman–Crippen LogP) is 8.65. The number of fused-ring (bicyclic) bond motifs is 4. The Labute approximate surface area is 262 Å². The lowest BCUT2D eigenvalue weighted by Gasteiger charge is -2.65. The van der Waals surface area contributed by atoms with Gasteiger partial charge in [0.1, 0.15) is 11.2 Å². The summed E-state index contributed by atoms with van der Waals surface area (Å²) in [5.74, 6) is 6.30. The summed E-state index contributed by atoms with van der Waals surface area (Å²) in [5, 5.41) is 10.6. The van der Waals surface area contributed by atoms with Gasteiger partial charge in [-0.3, -0.25) is 9.59 Å². The molecule has 5 heteroatoms. The molecule has 0 aliphatic heterocycles. The largest absolute Gasteiger partial charge is 0.459 e. The van der Waals surface area contributed by atoms with Gasteiger partial charge in [0.2, 0.25) is 0 Å². The Morgan fingerprint density at radius 3 is 1.72 bits per heavy atom. The molecule has 0 aromatic carbocycles. The van der Waals surface area contributed by atoms with E-state index in [1.54, 1.807) is 0 Å². The lowest BCUT2D eigenvalue weighted by Crippen LogP contribution is -2.63. The molecule has 1 N–H and O–H groups in total. The van der Waals surface area contributed by atoms with Crippen LogP contribution >= 0.6 is 0 Å². The number of carbonyl (C=O) groups excluding carboxylic acids is 2. The Balaban J connectivity index is 0.000000157. The highest BCUT2D eigenvalue weighted by molar-refractivity contribution is 5.76. The molecule has 244 valence electrons. The van der Waals surface area contributed by atoms with Crippen molar-refractivity contribution < 1.29 is 24.2 Å². The van der Waals surface area contributed by atoms with E-state index < -0.39 is 11.0 Å². The maximum absolute atomic E-state index is 12.9. The van der Waals surface area contributed by atoms with Crippen molar-refractivity contribution >= 4 is 11.9 Å². The monoisotopic (exact) mass is 598 g/mol. The van der Waals surface area contributed by atoms with Crippen LogP contribution in [0.4, 0.5) is 0 Å². The highest BCUT2D eigenvalue weighted by Crippen LogP contribution is 2.66. The number of hydrogen-bond acceptors (Lipinski definition) is 5. The van der Waals surface area contributed by atoms with Gasteiger partial charge in [0.05, 0.1) is 16.4 Å². The number of ether oxygens (including phenoxy) is 2. The van der Waals surface area contributed by atoms with Crippen molar-refractivity contribution in [3.8, 4) is 0 Å². The maximum atomic E-state index is 12.9. The summed E-state index contributed by atoms with van der Waals surface area (Å²) in [4.78, 5) is 25.3. The van der Waals surface area contributed by atoms with E-state index >= 15 is 0 Å². The molecule has 7 atom stereocenters. The Morgan fingerprint density at radius 2 is 1.21 bits per heavy atom. The SMILES string of the molecule is CCC(C)(C)C(=O)OC1(CC)CC2CCC1C1C3CCC(CC3)C21.CCC(C)(C)C(=O)OC12CC3CC(CC(O)(C3)C1)C2. The first-order chi connectivity index (χ1) is 20.2. The summed E-state index contributed by atoms with van der Waals surface area (Å²) >= 11 is 0. The van der Waals surface area contributed by atoms with Crippen LogP contribution in [0.3, 0.4) is 0 Å². The van der Waals surface area contributed by atoms with Crippen LogP contribution in [0, 0.1) is 58.2 Å². The molecular weight excluding hydrogens is 536 g/mol. The first-order valence-electron chi connectivity index (χ1n) is 18.4. The average Bonchev–Trinajstić information content (AvgIpc) is 2.96. The van der Waals surface area contributed by atoms with Crippen molar-refractivity contribution in [2.75, 3.05) is 0 Å². The molecular formula is C38H62O5. The van der Waals surface area contributed by atoms with Crippen molar-refractivity contribution in [2.45, 2.75) is 168 Å². The lowest BCUT2D eigenvalue weighted by molar-refractivity contribution is -0.229. The average molecular weight is 599 g/mol. The minimum atomic E-state index is -0.555. The Bertz CT molecular complexity index is 1050. The van der Waals surface area contributed by atoms with Gasteiger partial charge < -0.3 is 14.6 Å². The molecule has 0 spiro atoms. The molecule has 43 heavy (non-hydrogen) atoms. The first kappa shape index (κ1) is 31.9. The summed E-state index contributed by atoms with van der Waals surface area (Å²) in [6.45, 7) is 14.4. The van der Waals surface area contributed by atoms with E-state index in [4.69, 9.17) is 9.47 Å². The Hall–Kier alpha value is -1.10. The fourth-order valence-corrected chi connectivity index (χ4v) is 11.9. The molecule has 0 aromatic rings. The molecule has 7 unspecified atom stereocenters. The van der Waals surface area contributed by atoms with Gasteiger partial charge in [0.15, 0.2) is 0 Å². The first-order valence-corrected chi connectivity index (χ1v) is 18.4. The summed E-state index contributed by atoms with van der Waals surface area (Å²) in [7, 11) is 0.